The van der Waals surface area contributed by atoms with Gasteiger partial charge in [0.25, 0.3) is 0 Å². The predicted octanol–water partition coefficient (Wildman–Crippen LogP) is 3.67. The Labute approximate surface area is 137 Å². The Balaban J connectivity index is 2.01. The SMILES string of the molecule is CNCC[C@@H](c1cccc(F)c1)N1CC(C)(C)c2ncccc21. The highest BCUT2D eigenvalue weighted by Gasteiger charge is 2.39. The third-order valence-electron chi connectivity index (χ3n) is 4.58. The van der Waals surface area contributed by atoms with Gasteiger partial charge in [-0.3, -0.25) is 4.98 Å². The van der Waals surface area contributed by atoms with Crippen molar-refractivity contribution >= 4 is 5.69 Å². The van der Waals surface area contributed by atoms with E-state index in [0.717, 1.165) is 30.8 Å². The number of nitrogens with zero attached hydrogens (tertiary/aromatic N) is 2. The fourth-order valence-electron chi connectivity index (χ4n) is 3.51. The van der Waals surface area contributed by atoms with Crippen LogP contribution in [0.25, 0.3) is 0 Å². The predicted molar refractivity (Wildman–Crippen MR) is 92.3 cm³/mol. The van der Waals surface area contributed by atoms with Gasteiger partial charge in [-0.2, -0.15) is 0 Å². The van der Waals surface area contributed by atoms with Gasteiger partial charge in [0.15, 0.2) is 0 Å². The Morgan fingerprint density at radius 1 is 1.30 bits per heavy atom. The van der Waals surface area contributed by atoms with Gasteiger partial charge < -0.3 is 10.2 Å². The summed E-state index contributed by atoms with van der Waals surface area (Å²) >= 11 is 0. The first-order valence-corrected chi connectivity index (χ1v) is 8.15. The molecule has 0 amide bonds. The summed E-state index contributed by atoms with van der Waals surface area (Å²) < 4.78 is 13.7. The molecule has 1 aromatic heterocycles. The minimum atomic E-state index is -0.179. The molecule has 1 aliphatic rings. The summed E-state index contributed by atoms with van der Waals surface area (Å²) in [4.78, 5) is 6.99. The Kier molecular flexibility index (Phi) is 4.35. The van der Waals surface area contributed by atoms with Gasteiger partial charge in [-0.1, -0.05) is 26.0 Å². The topological polar surface area (TPSA) is 28.2 Å². The highest BCUT2D eigenvalue weighted by molar-refractivity contribution is 5.60. The minimum absolute atomic E-state index is 0.00180. The zero-order valence-corrected chi connectivity index (χ0v) is 14.0. The molecule has 23 heavy (non-hydrogen) atoms. The quantitative estimate of drug-likeness (QED) is 0.913. The zero-order valence-electron chi connectivity index (χ0n) is 14.0. The lowest BCUT2D eigenvalue weighted by Gasteiger charge is -2.32. The Morgan fingerprint density at radius 3 is 2.87 bits per heavy atom. The number of halogens is 1. The van der Waals surface area contributed by atoms with Crippen molar-refractivity contribution in [2.45, 2.75) is 31.7 Å². The molecular weight excluding hydrogens is 289 g/mol. The normalized spacial score (nSPS) is 17.1. The maximum absolute atomic E-state index is 13.7. The van der Waals surface area contributed by atoms with Gasteiger partial charge in [0, 0.05) is 18.2 Å². The third-order valence-corrected chi connectivity index (χ3v) is 4.58. The van der Waals surface area contributed by atoms with Crippen molar-refractivity contribution in [2.75, 3.05) is 25.0 Å². The molecule has 1 aliphatic heterocycles. The molecule has 3 nitrogen and oxygen atoms in total. The first-order chi connectivity index (χ1) is 11.0. The van der Waals surface area contributed by atoms with Crippen molar-refractivity contribution < 1.29 is 4.39 Å². The highest BCUT2D eigenvalue weighted by Crippen LogP contribution is 2.43. The molecule has 0 fully saturated rings. The van der Waals surface area contributed by atoms with Crippen molar-refractivity contribution in [3.63, 3.8) is 0 Å². The van der Waals surface area contributed by atoms with E-state index in [1.54, 1.807) is 12.1 Å². The lowest BCUT2D eigenvalue weighted by molar-refractivity contribution is 0.489. The largest absolute Gasteiger partial charge is 0.362 e. The molecule has 1 N–H and O–H groups in total. The van der Waals surface area contributed by atoms with Gasteiger partial charge >= 0.3 is 0 Å². The summed E-state index contributed by atoms with van der Waals surface area (Å²) in [5.41, 5.74) is 3.32. The van der Waals surface area contributed by atoms with Gasteiger partial charge in [0.05, 0.1) is 17.4 Å². The average Bonchev–Trinajstić information content (AvgIpc) is 2.80. The van der Waals surface area contributed by atoms with Crippen molar-refractivity contribution in [1.29, 1.82) is 0 Å². The van der Waals surface area contributed by atoms with Crippen LogP contribution in [-0.4, -0.2) is 25.1 Å². The monoisotopic (exact) mass is 313 g/mol. The second-order valence-electron chi connectivity index (χ2n) is 6.85. The molecule has 2 heterocycles. The van der Waals surface area contributed by atoms with E-state index in [2.05, 4.69) is 35.1 Å². The van der Waals surface area contributed by atoms with Crippen LogP contribution < -0.4 is 10.2 Å². The summed E-state index contributed by atoms with van der Waals surface area (Å²) in [5.74, 6) is -0.179. The van der Waals surface area contributed by atoms with Crippen LogP contribution in [0.4, 0.5) is 10.1 Å². The van der Waals surface area contributed by atoms with Crippen LogP contribution in [0.3, 0.4) is 0 Å². The van der Waals surface area contributed by atoms with E-state index in [9.17, 15) is 4.39 Å². The zero-order chi connectivity index (χ0) is 16.4. The molecule has 0 spiro atoms. The molecule has 122 valence electrons. The number of pyridine rings is 1. The van der Waals surface area contributed by atoms with E-state index in [1.165, 1.54) is 11.8 Å². The molecule has 0 saturated heterocycles. The molecule has 0 saturated carbocycles. The number of fused-ring (bicyclic) bond motifs is 1. The summed E-state index contributed by atoms with van der Waals surface area (Å²) in [5, 5.41) is 3.21. The van der Waals surface area contributed by atoms with E-state index in [1.807, 2.05) is 25.4 Å². The Hall–Kier alpha value is -1.94. The number of hydrogen-bond acceptors (Lipinski definition) is 3. The van der Waals surface area contributed by atoms with Crippen LogP contribution in [0.1, 0.15) is 37.6 Å². The van der Waals surface area contributed by atoms with E-state index in [0.29, 0.717) is 0 Å². The van der Waals surface area contributed by atoms with Gasteiger partial charge in [-0.25, -0.2) is 4.39 Å². The van der Waals surface area contributed by atoms with E-state index < -0.39 is 0 Å². The number of anilines is 1. The lowest BCUT2D eigenvalue weighted by Crippen LogP contribution is -2.33. The lowest BCUT2D eigenvalue weighted by atomic mass is 9.91. The molecule has 0 radical (unpaired) electrons. The number of hydrogen-bond donors (Lipinski definition) is 1. The molecule has 0 bridgehead atoms. The highest BCUT2D eigenvalue weighted by atomic mass is 19.1. The Morgan fingerprint density at radius 2 is 2.13 bits per heavy atom. The second kappa shape index (κ2) is 6.28. The molecule has 4 heteroatoms. The molecule has 3 rings (SSSR count). The maximum Gasteiger partial charge on any atom is 0.123 e. The van der Waals surface area contributed by atoms with Gasteiger partial charge in [-0.05, 0) is 49.8 Å². The Bertz CT molecular complexity index is 684. The molecule has 1 atom stereocenters. The van der Waals surface area contributed by atoms with Crippen LogP contribution in [0.15, 0.2) is 42.6 Å². The molecule has 0 aliphatic carbocycles. The van der Waals surface area contributed by atoms with Crippen molar-refractivity contribution in [2.24, 2.45) is 0 Å². The van der Waals surface area contributed by atoms with Gasteiger partial charge in [0.2, 0.25) is 0 Å². The minimum Gasteiger partial charge on any atom is -0.362 e. The molecular formula is C19H24FN3. The molecule has 1 aromatic carbocycles. The number of benzene rings is 1. The van der Waals surface area contributed by atoms with Crippen LogP contribution in [0, 0.1) is 5.82 Å². The smallest absolute Gasteiger partial charge is 0.123 e. The molecule has 2 aromatic rings. The standard InChI is InChI=1S/C19H24FN3/c1-19(2)13-23(17-8-5-10-22-18(17)19)16(9-11-21-3)14-6-4-7-15(20)12-14/h4-8,10,12,16,21H,9,11,13H2,1-3H3/t16-/m0/s1. The fraction of sp³-hybridized carbons (Fsp3) is 0.421. The summed E-state index contributed by atoms with van der Waals surface area (Å²) in [7, 11) is 1.95. The number of rotatable bonds is 5. The van der Waals surface area contributed by atoms with Crippen molar-refractivity contribution in [3.05, 3.63) is 59.7 Å². The average molecular weight is 313 g/mol. The second-order valence-corrected chi connectivity index (χ2v) is 6.85. The van der Waals surface area contributed by atoms with Crippen LogP contribution in [0.5, 0.6) is 0 Å². The first-order valence-electron chi connectivity index (χ1n) is 8.15. The third kappa shape index (κ3) is 3.08. The first kappa shape index (κ1) is 15.9. The number of nitrogens with one attached hydrogen (secondary N) is 1. The number of aromatic nitrogens is 1. The van der Waals surface area contributed by atoms with Gasteiger partial charge in [-0.15, -0.1) is 0 Å². The maximum atomic E-state index is 13.7. The summed E-state index contributed by atoms with van der Waals surface area (Å²) in [6.45, 7) is 6.22. The van der Waals surface area contributed by atoms with E-state index >= 15 is 0 Å². The fourth-order valence-corrected chi connectivity index (χ4v) is 3.51. The molecule has 0 unspecified atom stereocenters. The van der Waals surface area contributed by atoms with Gasteiger partial charge in [0.1, 0.15) is 5.82 Å². The van der Waals surface area contributed by atoms with Crippen LogP contribution in [-0.2, 0) is 5.41 Å². The van der Waals surface area contributed by atoms with E-state index in [4.69, 9.17) is 0 Å². The summed E-state index contributed by atoms with van der Waals surface area (Å²) in [6, 6.07) is 11.2. The summed E-state index contributed by atoms with van der Waals surface area (Å²) in [6.07, 6.45) is 2.78. The van der Waals surface area contributed by atoms with Crippen molar-refractivity contribution in [1.82, 2.24) is 10.3 Å². The van der Waals surface area contributed by atoms with E-state index in [-0.39, 0.29) is 17.3 Å². The van der Waals surface area contributed by atoms with Crippen LogP contribution >= 0.6 is 0 Å². The van der Waals surface area contributed by atoms with Crippen LogP contribution in [0.2, 0.25) is 0 Å². The van der Waals surface area contributed by atoms with Crippen molar-refractivity contribution in [3.8, 4) is 0 Å².